The van der Waals surface area contributed by atoms with E-state index in [0.717, 1.165) is 22.4 Å². The lowest BCUT2D eigenvalue weighted by molar-refractivity contribution is 0.0945. The fourth-order valence-electron chi connectivity index (χ4n) is 2.94. The van der Waals surface area contributed by atoms with Gasteiger partial charge in [-0.1, -0.05) is 29.8 Å². The van der Waals surface area contributed by atoms with Crippen LogP contribution in [-0.2, 0) is 13.6 Å². The predicted octanol–water partition coefficient (Wildman–Crippen LogP) is 3.34. The van der Waals surface area contributed by atoms with Gasteiger partial charge in [0.2, 0.25) is 0 Å². The van der Waals surface area contributed by atoms with Crippen LogP contribution in [0.1, 0.15) is 21.6 Å². The van der Waals surface area contributed by atoms with E-state index in [1.165, 1.54) is 0 Å². The molecule has 0 unspecified atom stereocenters. The first kappa shape index (κ1) is 18.5. The van der Waals surface area contributed by atoms with Crippen molar-refractivity contribution < 1.29 is 14.3 Å². The topological polar surface area (TPSA) is 65.4 Å². The lowest BCUT2D eigenvalue weighted by Gasteiger charge is -2.10. The molecule has 140 valence electrons. The molecular weight excluding hydrogens is 342 g/mol. The number of nitrogens with zero attached hydrogens (tertiary/aromatic N) is 2. The van der Waals surface area contributed by atoms with Gasteiger partial charge < -0.3 is 14.8 Å². The van der Waals surface area contributed by atoms with Gasteiger partial charge in [0.25, 0.3) is 5.91 Å². The summed E-state index contributed by atoms with van der Waals surface area (Å²) in [5.74, 6) is 1.17. The van der Waals surface area contributed by atoms with Crippen LogP contribution in [0, 0.1) is 6.92 Å². The van der Waals surface area contributed by atoms with Gasteiger partial charge in [-0.3, -0.25) is 9.48 Å². The van der Waals surface area contributed by atoms with Crippen molar-refractivity contribution in [3.63, 3.8) is 0 Å². The summed E-state index contributed by atoms with van der Waals surface area (Å²) in [4.78, 5) is 12.5. The summed E-state index contributed by atoms with van der Waals surface area (Å²) in [5, 5.41) is 7.27. The second-order valence-corrected chi connectivity index (χ2v) is 6.28. The zero-order valence-electron chi connectivity index (χ0n) is 15.9. The van der Waals surface area contributed by atoms with Crippen molar-refractivity contribution in [2.45, 2.75) is 13.5 Å². The van der Waals surface area contributed by atoms with Crippen LogP contribution in [0.4, 0.5) is 0 Å². The van der Waals surface area contributed by atoms with E-state index in [-0.39, 0.29) is 5.91 Å². The highest BCUT2D eigenvalue weighted by molar-refractivity contribution is 5.93. The highest BCUT2D eigenvalue weighted by atomic mass is 16.5. The Hall–Kier alpha value is -3.28. The third kappa shape index (κ3) is 4.11. The molecule has 0 aliphatic heterocycles. The van der Waals surface area contributed by atoms with Crippen molar-refractivity contribution >= 4 is 5.91 Å². The number of hydrogen-bond acceptors (Lipinski definition) is 4. The lowest BCUT2D eigenvalue weighted by Crippen LogP contribution is -2.23. The summed E-state index contributed by atoms with van der Waals surface area (Å²) in [6, 6.07) is 15.3. The normalized spacial score (nSPS) is 10.5. The molecule has 0 saturated heterocycles. The molecular formula is C21H23N3O3. The SMILES string of the molecule is COc1ccc(OC)c(-c2cc(C(=O)NCc3cccc(C)c3)nn2C)c1. The van der Waals surface area contributed by atoms with Gasteiger partial charge in [-0.25, -0.2) is 0 Å². The zero-order chi connectivity index (χ0) is 19.4. The minimum Gasteiger partial charge on any atom is -0.497 e. The number of benzene rings is 2. The molecule has 2 aromatic carbocycles. The van der Waals surface area contributed by atoms with E-state index in [9.17, 15) is 4.79 Å². The van der Waals surface area contributed by atoms with Gasteiger partial charge >= 0.3 is 0 Å². The van der Waals surface area contributed by atoms with Gasteiger partial charge in [0.1, 0.15) is 11.5 Å². The molecule has 3 aromatic rings. The van der Waals surface area contributed by atoms with Gasteiger partial charge in [-0.2, -0.15) is 5.10 Å². The van der Waals surface area contributed by atoms with Gasteiger partial charge in [-0.15, -0.1) is 0 Å². The number of ether oxygens (including phenoxy) is 2. The molecule has 0 aliphatic rings. The highest BCUT2D eigenvalue weighted by Gasteiger charge is 2.17. The van der Waals surface area contributed by atoms with Gasteiger partial charge in [0.15, 0.2) is 5.69 Å². The van der Waals surface area contributed by atoms with Gasteiger partial charge in [-0.05, 0) is 36.8 Å². The summed E-state index contributed by atoms with van der Waals surface area (Å²) >= 11 is 0. The summed E-state index contributed by atoms with van der Waals surface area (Å²) in [6.07, 6.45) is 0. The Morgan fingerprint density at radius 3 is 2.63 bits per heavy atom. The quantitative estimate of drug-likeness (QED) is 0.728. The molecule has 27 heavy (non-hydrogen) atoms. The molecule has 1 aromatic heterocycles. The second-order valence-electron chi connectivity index (χ2n) is 6.28. The molecule has 0 saturated carbocycles. The number of aryl methyl sites for hydroxylation is 2. The van der Waals surface area contributed by atoms with Gasteiger partial charge in [0, 0.05) is 19.2 Å². The van der Waals surface area contributed by atoms with Crippen LogP contribution in [0.15, 0.2) is 48.5 Å². The first-order valence-electron chi connectivity index (χ1n) is 8.62. The Morgan fingerprint density at radius 2 is 1.93 bits per heavy atom. The van der Waals surface area contributed by atoms with Crippen LogP contribution in [0.3, 0.4) is 0 Å². The van der Waals surface area contributed by atoms with Crippen molar-refractivity contribution in [2.24, 2.45) is 7.05 Å². The number of methoxy groups -OCH3 is 2. The molecule has 0 fully saturated rings. The predicted molar refractivity (Wildman–Crippen MR) is 104 cm³/mol. The van der Waals surface area contributed by atoms with Crippen molar-refractivity contribution in [1.29, 1.82) is 0 Å². The van der Waals surface area contributed by atoms with E-state index < -0.39 is 0 Å². The molecule has 1 N–H and O–H groups in total. The van der Waals surface area contributed by atoms with E-state index in [4.69, 9.17) is 9.47 Å². The van der Waals surface area contributed by atoms with Crippen molar-refractivity contribution in [2.75, 3.05) is 14.2 Å². The average Bonchev–Trinajstić information content (AvgIpc) is 3.07. The highest BCUT2D eigenvalue weighted by Crippen LogP contribution is 2.33. The van der Waals surface area contributed by atoms with E-state index in [1.807, 2.05) is 49.4 Å². The Bertz CT molecular complexity index is 963. The Kier molecular flexibility index (Phi) is 5.45. The molecule has 0 spiro atoms. The Labute approximate surface area is 158 Å². The van der Waals surface area contributed by atoms with E-state index in [0.29, 0.717) is 23.7 Å². The monoisotopic (exact) mass is 365 g/mol. The number of aromatic nitrogens is 2. The number of nitrogens with one attached hydrogen (secondary N) is 1. The number of amides is 1. The summed E-state index contributed by atoms with van der Waals surface area (Å²) in [7, 11) is 5.02. The average molecular weight is 365 g/mol. The van der Waals surface area contributed by atoms with Crippen LogP contribution in [0.2, 0.25) is 0 Å². The first-order chi connectivity index (χ1) is 13.0. The summed E-state index contributed by atoms with van der Waals surface area (Å²) < 4.78 is 12.4. The van der Waals surface area contributed by atoms with Crippen molar-refractivity contribution in [3.8, 4) is 22.8 Å². The van der Waals surface area contributed by atoms with E-state index in [2.05, 4.69) is 10.4 Å². The lowest BCUT2D eigenvalue weighted by atomic mass is 10.1. The van der Waals surface area contributed by atoms with Gasteiger partial charge in [0.05, 0.1) is 19.9 Å². The van der Waals surface area contributed by atoms with E-state index >= 15 is 0 Å². The minimum absolute atomic E-state index is 0.222. The molecule has 0 bridgehead atoms. The fraction of sp³-hybridized carbons (Fsp3) is 0.238. The van der Waals surface area contributed by atoms with Crippen LogP contribution in [0.5, 0.6) is 11.5 Å². The van der Waals surface area contributed by atoms with Crippen LogP contribution in [0.25, 0.3) is 11.3 Å². The molecule has 0 aliphatic carbocycles. The van der Waals surface area contributed by atoms with Crippen LogP contribution in [-0.4, -0.2) is 29.9 Å². The summed E-state index contributed by atoms with van der Waals surface area (Å²) in [6.45, 7) is 2.48. The standard InChI is InChI=1S/C21H23N3O3/c1-14-6-5-7-15(10-14)13-22-21(25)18-12-19(24(2)23-18)17-11-16(26-3)8-9-20(17)27-4/h5-12H,13H2,1-4H3,(H,22,25). The molecule has 1 amide bonds. The van der Waals surface area contributed by atoms with Crippen LogP contribution >= 0.6 is 0 Å². The fourth-order valence-corrected chi connectivity index (χ4v) is 2.94. The maximum Gasteiger partial charge on any atom is 0.272 e. The smallest absolute Gasteiger partial charge is 0.272 e. The number of hydrogen-bond donors (Lipinski definition) is 1. The molecule has 6 nitrogen and oxygen atoms in total. The zero-order valence-corrected chi connectivity index (χ0v) is 15.9. The molecule has 3 rings (SSSR count). The second kappa shape index (κ2) is 7.95. The molecule has 0 radical (unpaired) electrons. The maximum absolute atomic E-state index is 12.5. The van der Waals surface area contributed by atoms with Crippen molar-refractivity contribution in [3.05, 3.63) is 65.4 Å². The third-order valence-corrected chi connectivity index (χ3v) is 4.33. The Balaban J connectivity index is 1.83. The van der Waals surface area contributed by atoms with Crippen molar-refractivity contribution in [1.82, 2.24) is 15.1 Å². The molecule has 6 heteroatoms. The number of rotatable bonds is 6. The van der Waals surface area contributed by atoms with E-state index in [1.54, 1.807) is 32.0 Å². The maximum atomic E-state index is 12.5. The van der Waals surface area contributed by atoms with Crippen LogP contribution < -0.4 is 14.8 Å². The minimum atomic E-state index is -0.222. The Morgan fingerprint density at radius 1 is 1.11 bits per heavy atom. The number of carbonyl (C=O) groups is 1. The number of carbonyl (C=O) groups excluding carboxylic acids is 1. The first-order valence-corrected chi connectivity index (χ1v) is 8.62. The summed E-state index contributed by atoms with van der Waals surface area (Å²) in [5.41, 5.74) is 4.14. The molecule has 0 atom stereocenters. The molecule has 1 heterocycles. The largest absolute Gasteiger partial charge is 0.497 e. The third-order valence-electron chi connectivity index (χ3n) is 4.33.